The number of nitrogens with one attached hydrogen (secondary N) is 1. The summed E-state index contributed by atoms with van der Waals surface area (Å²) in [6, 6.07) is -0.210. The molecule has 0 radical (unpaired) electrons. The lowest BCUT2D eigenvalue weighted by Gasteiger charge is -2.37. The summed E-state index contributed by atoms with van der Waals surface area (Å²) in [5.41, 5.74) is 0. The SMILES string of the molecule is C#CCC(CC)NC(=O)N1CCC(C(=O)O)CC1C. The van der Waals surface area contributed by atoms with Gasteiger partial charge >= 0.3 is 12.0 Å². The van der Waals surface area contributed by atoms with Crippen LogP contribution in [-0.2, 0) is 4.79 Å². The standard InChI is InChI=1S/C14H22N2O3/c1-4-6-12(5-2)15-14(19)16-8-7-11(13(17)18)9-10(16)3/h1,10-12H,5-9H2,2-3H3,(H,15,19)(H,17,18). The van der Waals surface area contributed by atoms with Gasteiger partial charge in [-0.2, -0.15) is 0 Å². The van der Waals surface area contributed by atoms with Gasteiger partial charge in [0.05, 0.1) is 5.92 Å². The van der Waals surface area contributed by atoms with Crippen molar-refractivity contribution in [2.75, 3.05) is 6.54 Å². The molecule has 1 aliphatic heterocycles. The molecule has 19 heavy (non-hydrogen) atoms. The van der Waals surface area contributed by atoms with E-state index in [1.54, 1.807) is 4.90 Å². The van der Waals surface area contributed by atoms with Gasteiger partial charge in [0.15, 0.2) is 0 Å². The maximum atomic E-state index is 12.1. The van der Waals surface area contributed by atoms with Crippen molar-refractivity contribution in [1.82, 2.24) is 10.2 Å². The van der Waals surface area contributed by atoms with E-state index >= 15 is 0 Å². The smallest absolute Gasteiger partial charge is 0.317 e. The zero-order valence-corrected chi connectivity index (χ0v) is 11.6. The molecule has 1 fully saturated rings. The summed E-state index contributed by atoms with van der Waals surface area (Å²) in [7, 11) is 0. The summed E-state index contributed by atoms with van der Waals surface area (Å²) in [5.74, 6) is 1.44. The summed E-state index contributed by atoms with van der Waals surface area (Å²) in [5, 5.41) is 11.9. The number of likely N-dealkylation sites (tertiary alicyclic amines) is 1. The number of carbonyl (C=O) groups is 2. The molecule has 2 amide bonds. The number of amides is 2. The Kier molecular flexibility index (Phi) is 5.68. The number of carboxylic acids is 1. The molecule has 1 rings (SSSR count). The summed E-state index contributed by atoms with van der Waals surface area (Å²) >= 11 is 0. The summed E-state index contributed by atoms with van der Waals surface area (Å²) in [4.78, 5) is 24.8. The van der Waals surface area contributed by atoms with Crippen LogP contribution < -0.4 is 5.32 Å². The van der Waals surface area contributed by atoms with Gasteiger partial charge in [0.25, 0.3) is 0 Å². The number of nitrogens with zero attached hydrogens (tertiary/aromatic N) is 1. The van der Waals surface area contributed by atoms with Crippen molar-refractivity contribution in [2.45, 2.75) is 51.6 Å². The third-order valence-corrected chi connectivity index (χ3v) is 3.67. The van der Waals surface area contributed by atoms with Gasteiger partial charge in [0.1, 0.15) is 0 Å². The molecule has 0 saturated carbocycles. The van der Waals surface area contributed by atoms with Crippen LogP contribution in [0, 0.1) is 18.3 Å². The van der Waals surface area contributed by atoms with Gasteiger partial charge in [-0.25, -0.2) is 4.79 Å². The number of rotatable bonds is 4. The molecule has 5 nitrogen and oxygen atoms in total. The fourth-order valence-corrected chi connectivity index (χ4v) is 2.40. The molecular formula is C14H22N2O3. The number of hydrogen-bond acceptors (Lipinski definition) is 2. The first-order valence-corrected chi connectivity index (χ1v) is 6.73. The van der Waals surface area contributed by atoms with Crippen LogP contribution in [0.4, 0.5) is 4.79 Å². The minimum absolute atomic E-state index is 0.0121. The first-order valence-electron chi connectivity index (χ1n) is 6.73. The molecule has 0 aromatic carbocycles. The monoisotopic (exact) mass is 266 g/mol. The van der Waals surface area contributed by atoms with Crippen LogP contribution in [0.15, 0.2) is 0 Å². The normalized spacial score (nSPS) is 24.4. The number of aliphatic carboxylic acids is 1. The lowest BCUT2D eigenvalue weighted by molar-refractivity contribution is -0.143. The number of hydrogen-bond donors (Lipinski definition) is 2. The van der Waals surface area contributed by atoms with Gasteiger partial charge < -0.3 is 15.3 Å². The molecule has 1 aliphatic rings. The topological polar surface area (TPSA) is 69.6 Å². The number of piperidine rings is 1. The predicted octanol–water partition coefficient (Wildman–Crippen LogP) is 1.68. The average molecular weight is 266 g/mol. The number of urea groups is 1. The van der Waals surface area contributed by atoms with Gasteiger partial charge in [-0.3, -0.25) is 4.79 Å². The van der Waals surface area contributed by atoms with Crippen LogP contribution in [-0.4, -0.2) is 40.6 Å². The predicted molar refractivity (Wildman–Crippen MR) is 72.6 cm³/mol. The number of carbonyl (C=O) groups excluding carboxylic acids is 1. The minimum atomic E-state index is -0.773. The van der Waals surface area contributed by atoms with Gasteiger partial charge in [0, 0.05) is 25.0 Å². The maximum Gasteiger partial charge on any atom is 0.317 e. The van der Waals surface area contributed by atoms with Gasteiger partial charge in [-0.15, -0.1) is 12.3 Å². The first kappa shape index (κ1) is 15.4. The Morgan fingerprint density at radius 1 is 1.58 bits per heavy atom. The summed E-state index contributed by atoms with van der Waals surface area (Å²) in [6.07, 6.45) is 7.58. The van der Waals surface area contributed by atoms with Crippen molar-refractivity contribution in [3.63, 3.8) is 0 Å². The second kappa shape index (κ2) is 7.03. The van der Waals surface area contributed by atoms with Crippen molar-refractivity contribution in [3.05, 3.63) is 0 Å². The number of carboxylic acid groups (broad SMARTS) is 1. The first-order chi connectivity index (χ1) is 8.99. The highest BCUT2D eigenvalue weighted by atomic mass is 16.4. The van der Waals surface area contributed by atoms with Crippen molar-refractivity contribution in [1.29, 1.82) is 0 Å². The molecule has 0 bridgehead atoms. The Hall–Kier alpha value is -1.70. The van der Waals surface area contributed by atoms with E-state index in [4.69, 9.17) is 11.5 Å². The average Bonchev–Trinajstić information content (AvgIpc) is 2.37. The Morgan fingerprint density at radius 3 is 2.74 bits per heavy atom. The second-order valence-electron chi connectivity index (χ2n) is 5.06. The second-order valence-corrected chi connectivity index (χ2v) is 5.06. The lowest BCUT2D eigenvalue weighted by atomic mass is 9.92. The molecular weight excluding hydrogens is 244 g/mol. The molecule has 5 heteroatoms. The highest BCUT2D eigenvalue weighted by Gasteiger charge is 2.32. The van der Waals surface area contributed by atoms with E-state index in [1.165, 1.54) is 0 Å². The molecule has 106 valence electrons. The molecule has 1 heterocycles. The van der Waals surface area contributed by atoms with Crippen molar-refractivity contribution >= 4 is 12.0 Å². The largest absolute Gasteiger partial charge is 0.481 e. The highest BCUT2D eigenvalue weighted by Crippen LogP contribution is 2.23. The quantitative estimate of drug-likeness (QED) is 0.761. The van der Waals surface area contributed by atoms with Crippen LogP contribution >= 0.6 is 0 Å². The summed E-state index contributed by atoms with van der Waals surface area (Å²) in [6.45, 7) is 4.34. The Labute approximate surface area is 114 Å². The fraction of sp³-hybridized carbons (Fsp3) is 0.714. The van der Waals surface area contributed by atoms with E-state index in [0.717, 1.165) is 6.42 Å². The molecule has 1 saturated heterocycles. The minimum Gasteiger partial charge on any atom is -0.481 e. The van der Waals surface area contributed by atoms with E-state index in [2.05, 4.69) is 11.2 Å². The van der Waals surface area contributed by atoms with Crippen LogP contribution in [0.1, 0.15) is 39.5 Å². The van der Waals surface area contributed by atoms with E-state index in [9.17, 15) is 9.59 Å². The Bertz CT molecular complexity index is 375. The summed E-state index contributed by atoms with van der Waals surface area (Å²) < 4.78 is 0. The van der Waals surface area contributed by atoms with E-state index in [0.29, 0.717) is 25.8 Å². The fourth-order valence-electron chi connectivity index (χ4n) is 2.40. The third-order valence-electron chi connectivity index (χ3n) is 3.67. The lowest BCUT2D eigenvalue weighted by Crippen LogP contribution is -2.52. The van der Waals surface area contributed by atoms with Crippen LogP contribution in [0.5, 0.6) is 0 Å². The molecule has 0 aliphatic carbocycles. The highest BCUT2D eigenvalue weighted by molar-refractivity contribution is 5.76. The Morgan fingerprint density at radius 2 is 2.26 bits per heavy atom. The zero-order chi connectivity index (χ0) is 14.4. The van der Waals surface area contributed by atoms with Crippen LogP contribution in [0.25, 0.3) is 0 Å². The van der Waals surface area contributed by atoms with E-state index in [1.807, 2.05) is 13.8 Å². The molecule has 3 atom stereocenters. The molecule has 0 spiro atoms. The molecule has 3 unspecified atom stereocenters. The Balaban J connectivity index is 2.54. The number of terminal acetylenes is 1. The van der Waals surface area contributed by atoms with Gasteiger partial charge in [-0.1, -0.05) is 6.92 Å². The van der Waals surface area contributed by atoms with Crippen LogP contribution in [0.3, 0.4) is 0 Å². The molecule has 0 aromatic heterocycles. The van der Waals surface area contributed by atoms with E-state index < -0.39 is 5.97 Å². The molecule has 2 N–H and O–H groups in total. The van der Waals surface area contributed by atoms with Gasteiger partial charge in [0.2, 0.25) is 0 Å². The zero-order valence-electron chi connectivity index (χ0n) is 11.6. The third kappa shape index (κ3) is 4.16. The van der Waals surface area contributed by atoms with Gasteiger partial charge in [-0.05, 0) is 26.2 Å². The molecule has 0 aromatic rings. The van der Waals surface area contributed by atoms with Crippen LogP contribution in [0.2, 0.25) is 0 Å². The maximum absolute atomic E-state index is 12.1. The van der Waals surface area contributed by atoms with Crippen molar-refractivity contribution < 1.29 is 14.7 Å². The van der Waals surface area contributed by atoms with E-state index in [-0.39, 0.29) is 24.0 Å². The van der Waals surface area contributed by atoms with Crippen molar-refractivity contribution in [3.8, 4) is 12.3 Å². The van der Waals surface area contributed by atoms with Crippen molar-refractivity contribution in [2.24, 2.45) is 5.92 Å².